The number of guanidine groups is 1. The van der Waals surface area contributed by atoms with Crippen molar-refractivity contribution in [1.82, 2.24) is 24.8 Å². The molecule has 4 rings (SSSR count). The van der Waals surface area contributed by atoms with E-state index in [-0.39, 0.29) is 22.9 Å². The molecular formula is C20H35N9O13P2. The van der Waals surface area contributed by atoms with Gasteiger partial charge in [-0.3, -0.25) is 18.6 Å². The summed E-state index contributed by atoms with van der Waals surface area (Å²) >= 11 is 0. The largest absolute Gasteiger partial charge is 0.481 e. The van der Waals surface area contributed by atoms with Crippen molar-refractivity contribution in [3.8, 4) is 0 Å². The molecule has 2 fully saturated rings. The maximum atomic E-state index is 12.4. The Bertz CT molecular complexity index is 1400. The van der Waals surface area contributed by atoms with Crippen LogP contribution in [0.15, 0.2) is 17.6 Å². The second-order valence-electron chi connectivity index (χ2n) is 9.72. The van der Waals surface area contributed by atoms with Gasteiger partial charge in [0.25, 0.3) is 0 Å². The number of aliphatic imine (C=N–C) groups is 1. The van der Waals surface area contributed by atoms with Gasteiger partial charge in [0.15, 0.2) is 29.9 Å². The molecule has 44 heavy (non-hydrogen) atoms. The van der Waals surface area contributed by atoms with Crippen molar-refractivity contribution in [2.45, 2.75) is 61.9 Å². The number of nitrogen functional groups attached to an aromatic ring is 1. The number of rotatable bonds is 14. The number of aliphatic hydroxyl groups is 4. The highest BCUT2D eigenvalue weighted by atomic mass is 31.3. The smallest absolute Gasteiger partial charge is 0.387 e. The summed E-state index contributed by atoms with van der Waals surface area (Å²) in [4.78, 5) is 35.8. The Labute approximate surface area is 249 Å². The maximum Gasteiger partial charge on any atom is 0.481 e. The number of anilines is 1. The quantitative estimate of drug-likeness (QED) is 0.0401. The second-order valence-corrected chi connectivity index (χ2v) is 12.8. The topological polar surface area (TPSA) is 348 Å². The van der Waals surface area contributed by atoms with Crippen LogP contribution < -0.4 is 22.5 Å². The number of hydrogen-bond donors (Lipinski definition) is 10. The first-order valence-electron chi connectivity index (χ1n) is 13.1. The van der Waals surface area contributed by atoms with Crippen LogP contribution in [0.25, 0.3) is 11.2 Å². The van der Waals surface area contributed by atoms with Gasteiger partial charge in [-0.2, -0.15) is 4.31 Å². The molecule has 0 amide bonds. The van der Waals surface area contributed by atoms with Gasteiger partial charge in [-0.1, -0.05) is 0 Å². The molecule has 0 aromatic carbocycles. The van der Waals surface area contributed by atoms with Gasteiger partial charge in [0.05, 0.1) is 19.5 Å². The summed E-state index contributed by atoms with van der Waals surface area (Å²) in [6.45, 7) is -0.922. The van der Waals surface area contributed by atoms with Gasteiger partial charge in [-0.25, -0.2) is 24.1 Å². The zero-order valence-corrected chi connectivity index (χ0v) is 24.7. The Balaban J connectivity index is 1.27. The van der Waals surface area contributed by atoms with Crippen molar-refractivity contribution in [3.05, 3.63) is 12.7 Å². The number of ether oxygens (including phenoxy) is 2. The predicted octanol–water partition coefficient (Wildman–Crippen LogP) is -3.63. The molecule has 2 aromatic heterocycles. The minimum Gasteiger partial charge on any atom is -0.387 e. The number of unbranched alkanes of at least 4 members (excludes halogenated alkanes) is 1. The Morgan fingerprint density at radius 3 is 2.27 bits per heavy atom. The fraction of sp³-hybridized carbons (Fsp3) is 0.700. The van der Waals surface area contributed by atoms with E-state index in [0.29, 0.717) is 19.5 Å². The molecule has 248 valence electrons. The lowest BCUT2D eigenvalue weighted by atomic mass is 10.1. The summed E-state index contributed by atoms with van der Waals surface area (Å²) in [5.74, 6) is -0.0390. The molecule has 2 unspecified atom stereocenters. The number of phosphoric acid groups is 2. The van der Waals surface area contributed by atoms with Crippen LogP contribution in [0.5, 0.6) is 0 Å². The molecule has 0 bridgehead atoms. The van der Waals surface area contributed by atoms with E-state index in [2.05, 4.69) is 34.1 Å². The molecule has 0 spiro atoms. The molecule has 0 saturated carbocycles. The number of hydrogen-bond acceptors (Lipinski definition) is 17. The zero-order valence-electron chi connectivity index (χ0n) is 22.9. The van der Waals surface area contributed by atoms with Crippen molar-refractivity contribution in [2.24, 2.45) is 16.5 Å². The molecule has 24 heteroatoms. The van der Waals surface area contributed by atoms with Crippen LogP contribution in [0.4, 0.5) is 5.82 Å². The SMILES string of the molecule is NCCCCN=C(N)N[C@@H]1O[C@H](COP(=O)(O)OP(=O)(O)OC[C@H]2O[C@@H](n3cnc4c(N)ncnc43)[C@H](O)[C@@H]2O)[C@@H](O)[C@H]1O. The summed E-state index contributed by atoms with van der Waals surface area (Å²) in [7, 11) is -10.7. The van der Waals surface area contributed by atoms with E-state index in [1.807, 2.05) is 0 Å². The Morgan fingerprint density at radius 1 is 0.977 bits per heavy atom. The molecule has 0 radical (unpaired) electrons. The van der Waals surface area contributed by atoms with Crippen molar-refractivity contribution in [2.75, 3.05) is 32.0 Å². The molecule has 2 aliphatic heterocycles. The van der Waals surface area contributed by atoms with Crippen LogP contribution in [0.1, 0.15) is 19.1 Å². The normalized spacial score (nSPS) is 32.1. The lowest BCUT2D eigenvalue weighted by Crippen LogP contribution is -2.46. The molecule has 4 heterocycles. The molecule has 2 saturated heterocycles. The summed E-state index contributed by atoms with van der Waals surface area (Å²) in [5.41, 5.74) is 17.3. The highest BCUT2D eigenvalue weighted by Gasteiger charge is 2.47. The number of nitrogens with one attached hydrogen (secondary N) is 1. The van der Waals surface area contributed by atoms with Crippen molar-refractivity contribution >= 4 is 38.6 Å². The highest BCUT2D eigenvalue weighted by molar-refractivity contribution is 7.61. The lowest BCUT2D eigenvalue weighted by Gasteiger charge is -2.20. The molecule has 22 nitrogen and oxygen atoms in total. The van der Waals surface area contributed by atoms with E-state index in [9.17, 15) is 39.3 Å². The number of imidazole rings is 1. The van der Waals surface area contributed by atoms with Crippen LogP contribution in [-0.4, -0.2) is 125 Å². The van der Waals surface area contributed by atoms with Gasteiger partial charge in [0, 0.05) is 6.54 Å². The van der Waals surface area contributed by atoms with Crippen LogP contribution in [0, 0.1) is 0 Å². The first-order valence-corrected chi connectivity index (χ1v) is 16.1. The fourth-order valence-corrected chi connectivity index (χ4v) is 6.41. The number of nitrogens with two attached hydrogens (primary N) is 3. The first kappa shape index (κ1) is 34.5. The van der Waals surface area contributed by atoms with Gasteiger partial charge in [0.1, 0.15) is 48.5 Å². The fourth-order valence-electron chi connectivity index (χ4n) is 4.32. The van der Waals surface area contributed by atoms with E-state index in [1.165, 1.54) is 10.9 Å². The molecule has 0 aliphatic carbocycles. The van der Waals surface area contributed by atoms with E-state index in [1.54, 1.807) is 0 Å². The maximum absolute atomic E-state index is 12.4. The van der Waals surface area contributed by atoms with E-state index in [0.717, 1.165) is 12.7 Å². The lowest BCUT2D eigenvalue weighted by molar-refractivity contribution is -0.0507. The first-order chi connectivity index (χ1) is 20.7. The zero-order chi connectivity index (χ0) is 32.2. The van der Waals surface area contributed by atoms with Gasteiger partial charge in [0.2, 0.25) is 0 Å². The summed E-state index contributed by atoms with van der Waals surface area (Å²) < 4.78 is 50.6. The Kier molecular flexibility index (Phi) is 11.2. The standard InChI is InChI=1S/C20H35N9O13P2/c21-3-1-2-4-24-20(23)28-18-14(32)12(30)9(40-18)5-38-43(34,35)42-44(36,37)39-6-10-13(31)15(33)19(41-10)29-8-27-11-16(22)25-7-26-17(11)29/h7-10,12-15,18-19,30-33H,1-6,21H2,(H,34,35)(H,36,37)(H2,22,25,26)(H3,23,24,28)/t9-,10-,12-,13-,14-,15-,18-,19-/m1/s1. The summed E-state index contributed by atoms with van der Waals surface area (Å²) in [5, 5.41) is 43.9. The molecule has 10 atom stereocenters. The van der Waals surface area contributed by atoms with Gasteiger partial charge in [-0.15, -0.1) is 0 Å². The van der Waals surface area contributed by atoms with Crippen LogP contribution in [-0.2, 0) is 32.0 Å². The predicted molar refractivity (Wildman–Crippen MR) is 147 cm³/mol. The van der Waals surface area contributed by atoms with Gasteiger partial charge >= 0.3 is 15.6 Å². The molecule has 2 aromatic rings. The number of aromatic nitrogens is 4. The average Bonchev–Trinajstić information content (AvgIpc) is 3.59. The molecule has 2 aliphatic rings. The number of nitrogens with zero attached hydrogens (tertiary/aromatic N) is 5. The van der Waals surface area contributed by atoms with Crippen molar-refractivity contribution in [3.63, 3.8) is 0 Å². The van der Waals surface area contributed by atoms with Gasteiger partial charge < -0.3 is 62.2 Å². The highest BCUT2D eigenvalue weighted by Crippen LogP contribution is 2.60. The third-order valence-electron chi connectivity index (χ3n) is 6.56. The number of aliphatic hydroxyl groups excluding tert-OH is 4. The van der Waals surface area contributed by atoms with Crippen LogP contribution >= 0.6 is 15.6 Å². The number of fused-ring (bicyclic) bond motifs is 1. The van der Waals surface area contributed by atoms with Crippen LogP contribution in [0.2, 0.25) is 0 Å². The monoisotopic (exact) mass is 671 g/mol. The van der Waals surface area contributed by atoms with Crippen molar-refractivity contribution in [1.29, 1.82) is 0 Å². The minimum atomic E-state index is -5.35. The average molecular weight is 671 g/mol. The van der Waals surface area contributed by atoms with Crippen molar-refractivity contribution < 1.29 is 62.2 Å². The Hall–Kier alpha value is -2.40. The molecule has 13 N–H and O–H groups in total. The third kappa shape index (κ3) is 8.24. The third-order valence-corrected chi connectivity index (χ3v) is 9.16. The minimum absolute atomic E-state index is 0.0567. The van der Waals surface area contributed by atoms with E-state index in [4.69, 9.17) is 31.2 Å². The van der Waals surface area contributed by atoms with E-state index < -0.39 is 77.9 Å². The summed E-state index contributed by atoms with van der Waals surface area (Å²) in [6.07, 6.45) is -7.95. The second kappa shape index (κ2) is 14.4. The number of phosphoric ester groups is 2. The van der Waals surface area contributed by atoms with Gasteiger partial charge in [-0.05, 0) is 19.4 Å². The van der Waals surface area contributed by atoms with Crippen LogP contribution in [0.3, 0.4) is 0 Å². The summed E-state index contributed by atoms with van der Waals surface area (Å²) in [6, 6.07) is 0. The van der Waals surface area contributed by atoms with E-state index >= 15 is 0 Å². The Morgan fingerprint density at radius 2 is 1.61 bits per heavy atom. The molecular weight excluding hydrogens is 636 g/mol.